The van der Waals surface area contributed by atoms with Gasteiger partial charge in [0.15, 0.2) is 0 Å². The number of halogens is 1. The van der Waals surface area contributed by atoms with Gasteiger partial charge in [-0.1, -0.05) is 26.8 Å². The van der Waals surface area contributed by atoms with Gasteiger partial charge in [-0.3, -0.25) is 4.79 Å². The van der Waals surface area contributed by atoms with Gasteiger partial charge in [-0.05, 0) is 60.2 Å². The van der Waals surface area contributed by atoms with Crippen LogP contribution >= 0.6 is 0 Å². The van der Waals surface area contributed by atoms with E-state index in [0.29, 0.717) is 19.1 Å². The molecule has 3 rings (SSSR count). The second kappa shape index (κ2) is 9.94. The van der Waals surface area contributed by atoms with E-state index in [1.54, 1.807) is 12.1 Å². The summed E-state index contributed by atoms with van der Waals surface area (Å²) in [6.45, 7) is 8.50. The maximum absolute atomic E-state index is 13.4. The molecule has 1 heterocycles. The molecule has 1 fully saturated rings. The zero-order valence-corrected chi connectivity index (χ0v) is 17.9. The van der Waals surface area contributed by atoms with E-state index in [2.05, 4.69) is 30.1 Å². The van der Waals surface area contributed by atoms with E-state index in [1.807, 2.05) is 19.1 Å². The van der Waals surface area contributed by atoms with Gasteiger partial charge in [0.25, 0.3) is 0 Å². The van der Waals surface area contributed by atoms with E-state index in [1.165, 1.54) is 12.1 Å². The van der Waals surface area contributed by atoms with Gasteiger partial charge in [0.1, 0.15) is 5.82 Å². The van der Waals surface area contributed by atoms with Crippen LogP contribution in [-0.2, 0) is 9.53 Å². The van der Waals surface area contributed by atoms with Crippen LogP contribution in [0.5, 0.6) is 0 Å². The molecule has 5 nitrogen and oxygen atoms in total. The Labute approximate surface area is 177 Å². The first-order chi connectivity index (χ1) is 14.4. The smallest absolute Gasteiger partial charge is 0.303 e. The number of rotatable bonds is 8. The number of benzene rings is 2. The molecule has 0 aliphatic carbocycles. The molecule has 1 aliphatic rings. The minimum atomic E-state index is -0.799. The highest BCUT2D eigenvalue weighted by Crippen LogP contribution is 2.36. The Kier molecular flexibility index (Phi) is 7.32. The van der Waals surface area contributed by atoms with E-state index < -0.39 is 5.97 Å². The highest BCUT2D eigenvalue weighted by atomic mass is 19.1. The molecular weight excluding hydrogens is 383 g/mol. The molecule has 0 amide bonds. The van der Waals surface area contributed by atoms with E-state index in [-0.39, 0.29) is 24.2 Å². The molecule has 0 radical (unpaired) electrons. The summed E-state index contributed by atoms with van der Waals surface area (Å²) in [5.41, 5.74) is 3.73. The number of aliphatic carboxylic acids is 1. The largest absolute Gasteiger partial charge is 0.481 e. The number of anilines is 3. The summed E-state index contributed by atoms with van der Waals surface area (Å²) in [6, 6.07) is 12.7. The van der Waals surface area contributed by atoms with Gasteiger partial charge in [0.05, 0.1) is 37.1 Å². The summed E-state index contributed by atoms with van der Waals surface area (Å²) in [7, 11) is 0. The number of carboxylic acids is 1. The van der Waals surface area contributed by atoms with Crippen LogP contribution in [0.25, 0.3) is 0 Å². The van der Waals surface area contributed by atoms with Crippen molar-refractivity contribution in [3.05, 3.63) is 53.8 Å². The predicted molar refractivity (Wildman–Crippen MR) is 118 cm³/mol. The maximum atomic E-state index is 13.4. The lowest BCUT2D eigenvalue weighted by Gasteiger charge is -2.40. The number of nitrogens with one attached hydrogen (secondary N) is 1. The number of carboxylic acid groups (broad SMARTS) is 1. The quantitative estimate of drug-likeness (QED) is 0.606. The Hall–Kier alpha value is -2.60. The molecule has 1 unspecified atom stereocenters. The number of hydrogen-bond acceptors (Lipinski definition) is 4. The number of hydrogen-bond donors (Lipinski definition) is 2. The summed E-state index contributed by atoms with van der Waals surface area (Å²) in [6.07, 6.45) is 0.839. The first-order valence-corrected chi connectivity index (χ1v) is 10.6. The summed E-state index contributed by atoms with van der Waals surface area (Å²) in [4.78, 5) is 13.7. The van der Waals surface area contributed by atoms with Gasteiger partial charge < -0.3 is 20.1 Å². The molecule has 0 spiro atoms. The second-order valence-corrected chi connectivity index (χ2v) is 8.19. The van der Waals surface area contributed by atoms with Crippen LogP contribution in [0.1, 0.15) is 45.1 Å². The minimum Gasteiger partial charge on any atom is -0.481 e. The van der Waals surface area contributed by atoms with Crippen molar-refractivity contribution in [1.29, 1.82) is 0 Å². The zero-order valence-electron chi connectivity index (χ0n) is 17.9. The summed E-state index contributed by atoms with van der Waals surface area (Å²) < 4.78 is 19.1. The Balaban J connectivity index is 2.01. The Morgan fingerprint density at radius 2 is 2.00 bits per heavy atom. The zero-order chi connectivity index (χ0) is 21.7. The topological polar surface area (TPSA) is 61.8 Å². The van der Waals surface area contributed by atoms with Gasteiger partial charge in [-0.25, -0.2) is 4.39 Å². The fourth-order valence-corrected chi connectivity index (χ4v) is 4.03. The highest BCUT2D eigenvalue weighted by molar-refractivity contribution is 5.77. The van der Waals surface area contributed by atoms with Crippen molar-refractivity contribution < 1.29 is 19.0 Å². The minimum absolute atomic E-state index is 0.0593. The molecule has 1 aliphatic heterocycles. The molecule has 0 bridgehead atoms. The molecule has 30 heavy (non-hydrogen) atoms. The summed E-state index contributed by atoms with van der Waals surface area (Å²) in [5, 5.41) is 12.7. The number of nitrogens with zero attached hydrogens (tertiary/aromatic N) is 1. The van der Waals surface area contributed by atoms with E-state index >= 15 is 0 Å². The predicted octanol–water partition coefficient (Wildman–Crippen LogP) is 5.40. The summed E-state index contributed by atoms with van der Waals surface area (Å²) in [5.74, 6) is -0.725. The third-order valence-electron chi connectivity index (χ3n) is 5.77. The average molecular weight is 415 g/mol. The van der Waals surface area contributed by atoms with Crippen LogP contribution in [0, 0.1) is 11.7 Å². The van der Waals surface area contributed by atoms with Crippen molar-refractivity contribution in [3.8, 4) is 0 Å². The second-order valence-electron chi connectivity index (χ2n) is 8.19. The van der Waals surface area contributed by atoms with E-state index in [0.717, 1.165) is 35.6 Å². The summed E-state index contributed by atoms with van der Waals surface area (Å²) >= 11 is 0. The molecule has 1 saturated heterocycles. The van der Waals surface area contributed by atoms with Gasteiger partial charge in [0.2, 0.25) is 0 Å². The van der Waals surface area contributed by atoms with Crippen LogP contribution in [0.15, 0.2) is 42.5 Å². The van der Waals surface area contributed by atoms with Crippen LogP contribution in [0.2, 0.25) is 0 Å². The maximum Gasteiger partial charge on any atom is 0.303 e. The molecule has 6 heteroatoms. The molecule has 2 N–H and O–H groups in total. The van der Waals surface area contributed by atoms with Gasteiger partial charge in [-0.2, -0.15) is 0 Å². The number of morpholine rings is 1. The third-order valence-corrected chi connectivity index (χ3v) is 5.77. The SMILES string of the molecule is CC[C@@H](CC(=O)O)c1ccc(N2CCOCC2C(C)C)c(Nc2ccc(F)cc2)c1. The van der Waals surface area contributed by atoms with Crippen molar-refractivity contribution in [2.45, 2.75) is 45.6 Å². The van der Waals surface area contributed by atoms with Crippen LogP contribution in [-0.4, -0.2) is 36.9 Å². The lowest BCUT2D eigenvalue weighted by atomic mass is 9.92. The third kappa shape index (κ3) is 5.30. The first kappa shape index (κ1) is 22.1. The van der Waals surface area contributed by atoms with Crippen molar-refractivity contribution in [1.82, 2.24) is 0 Å². The van der Waals surface area contributed by atoms with Crippen LogP contribution in [0.4, 0.5) is 21.5 Å². The molecule has 162 valence electrons. The normalized spacial score (nSPS) is 17.8. The van der Waals surface area contributed by atoms with Crippen LogP contribution in [0.3, 0.4) is 0 Å². The van der Waals surface area contributed by atoms with Crippen molar-refractivity contribution in [2.24, 2.45) is 5.92 Å². The Morgan fingerprint density at radius 1 is 1.27 bits per heavy atom. The van der Waals surface area contributed by atoms with E-state index in [4.69, 9.17) is 4.74 Å². The average Bonchev–Trinajstić information content (AvgIpc) is 2.73. The molecule has 2 aromatic rings. The number of carbonyl (C=O) groups is 1. The van der Waals surface area contributed by atoms with E-state index in [9.17, 15) is 14.3 Å². The first-order valence-electron chi connectivity index (χ1n) is 10.6. The number of ether oxygens (including phenoxy) is 1. The van der Waals surface area contributed by atoms with Gasteiger partial charge in [-0.15, -0.1) is 0 Å². The monoisotopic (exact) mass is 414 g/mol. The molecule has 2 atom stereocenters. The Morgan fingerprint density at radius 3 is 2.63 bits per heavy atom. The standard InChI is InChI=1S/C24H31FN2O3/c1-4-17(14-24(28)29)18-5-10-22(27-11-12-30-15-23(27)16(2)3)21(13-18)26-20-8-6-19(25)7-9-20/h5-10,13,16-17,23,26H,4,11-12,14-15H2,1-3H3,(H,28,29)/t17-,23?/m0/s1. The highest BCUT2D eigenvalue weighted by Gasteiger charge is 2.28. The van der Waals surface area contributed by atoms with Crippen molar-refractivity contribution in [2.75, 3.05) is 30.0 Å². The lowest BCUT2D eigenvalue weighted by Crippen LogP contribution is -2.48. The molecule has 0 saturated carbocycles. The molecular formula is C24H31FN2O3. The Bertz CT molecular complexity index is 854. The fraction of sp³-hybridized carbons (Fsp3) is 0.458. The van der Waals surface area contributed by atoms with Gasteiger partial charge >= 0.3 is 5.97 Å². The molecule has 2 aromatic carbocycles. The fourth-order valence-electron chi connectivity index (χ4n) is 4.03. The van der Waals surface area contributed by atoms with Gasteiger partial charge in [0, 0.05) is 12.2 Å². The lowest BCUT2D eigenvalue weighted by molar-refractivity contribution is -0.137. The van der Waals surface area contributed by atoms with Crippen LogP contribution < -0.4 is 10.2 Å². The van der Waals surface area contributed by atoms with Crippen molar-refractivity contribution in [3.63, 3.8) is 0 Å². The van der Waals surface area contributed by atoms with Crippen molar-refractivity contribution >= 4 is 23.0 Å². The molecule has 0 aromatic heterocycles.